The fourth-order valence-electron chi connectivity index (χ4n) is 3.16. The lowest BCUT2D eigenvalue weighted by Crippen LogP contribution is -2.34. The third kappa shape index (κ3) is 3.90. The monoisotopic (exact) mass is 342 g/mol. The number of nitrogens with zero attached hydrogens (tertiary/aromatic N) is 1. The molecule has 5 heteroatoms. The molecule has 126 valence electrons. The van der Waals surface area contributed by atoms with Crippen molar-refractivity contribution in [2.24, 2.45) is 0 Å². The van der Waals surface area contributed by atoms with E-state index < -0.39 is 0 Å². The van der Waals surface area contributed by atoms with Crippen molar-refractivity contribution >= 4 is 23.0 Å². The molecule has 1 fully saturated rings. The van der Waals surface area contributed by atoms with Crippen LogP contribution in [-0.4, -0.2) is 22.7 Å². The van der Waals surface area contributed by atoms with Crippen LogP contribution in [-0.2, 0) is 0 Å². The Balaban J connectivity index is 1.75. The number of benzene rings is 1. The van der Waals surface area contributed by atoms with E-state index in [0.29, 0.717) is 16.3 Å². The second-order valence-electron chi connectivity index (χ2n) is 6.30. The van der Waals surface area contributed by atoms with Crippen molar-refractivity contribution in [3.05, 3.63) is 40.9 Å². The summed E-state index contributed by atoms with van der Waals surface area (Å²) in [6, 6.07) is 7.66. The zero-order valence-corrected chi connectivity index (χ0v) is 14.7. The van der Waals surface area contributed by atoms with Crippen LogP contribution in [0.3, 0.4) is 0 Å². The second-order valence-corrected chi connectivity index (χ2v) is 7.16. The molecule has 0 spiro atoms. The summed E-state index contributed by atoms with van der Waals surface area (Å²) in [5.74, 6) is -0.102. The van der Waals surface area contributed by atoms with E-state index in [1.54, 1.807) is 18.4 Å². The van der Waals surface area contributed by atoms with Gasteiger partial charge in [0.05, 0.1) is 0 Å². The predicted octanol–water partition coefficient (Wildman–Crippen LogP) is 4.47. The molecule has 1 saturated carbocycles. The predicted molar refractivity (Wildman–Crippen MR) is 96.5 cm³/mol. The van der Waals surface area contributed by atoms with Crippen LogP contribution in [0.1, 0.15) is 66.3 Å². The number of rotatable bonds is 4. The number of ketones is 1. The number of hydrogen-bond donors (Lipinski definition) is 1. The maximum absolute atomic E-state index is 12.5. The highest BCUT2D eigenvalue weighted by Gasteiger charge is 2.19. The molecule has 1 aliphatic rings. The molecule has 1 aromatic carbocycles. The van der Waals surface area contributed by atoms with Crippen molar-refractivity contribution < 1.29 is 9.59 Å². The SMILES string of the molecule is CC(=O)c1ccccc1-c1nc(C(=O)NC2CCCCCC2)cs1. The fraction of sp³-hybridized carbons (Fsp3) is 0.421. The molecule has 3 rings (SSSR count). The number of amides is 1. The number of carbonyl (C=O) groups is 2. The summed E-state index contributed by atoms with van der Waals surface area (Å²) in [6.07, 6.45) is 6.98. The van der Waals surface area contributed by atoms with Crippen molar-refractivity contribution in [1.29, 1.82) is 0 Å². The largest absolute Gasteiger partial charge is 0.348 e. The maximum Gasteiger partial charge on any atom is 0.270 e. The van der Waals surface area contributed by atoms with Crippen LogP contribution in [0.15, 0.2) is 29.6 Å². The molecule has 0 bridgehead atoms. The minimum absolute atomic E-state index is 0.00487. The quantitative estimate of drug-likeness (QED) is 0.659. The molecular formula is C19H22N2O2S. The molecule has 1 aromatic heterocycles. The van der Waals surface area contributed by atoms with Gasteiger partial charge in [0.25, 0.3) is 5.91 Å². The summed E-state index contributed by atoms with van der Waals surface area (Å²) in [6.45, 7) is 1.55. The van der Waals surface area contributed by atoms with Crippen LogP contribution in [0, 0.1) is 0 Å². The molecule has 0 atom stereocenters. The zero-order chi connectivity index (χ0) is 16.9. The highest BCUT2D eigenvalue weighted by Crippen LogP contribution is 2.27. The first-order valence-electron chi connectivity index (χ1n) is 8.52. The molecular weight excluding hydrogens is 320 g/mol. The van der Waals surface area contributed by atoms with Gasteiger partial charge in [-0.05, 0) is 19.8 Å². The lowest BCUT2D eigenvalue weighted by atomic mass is 10.1. The third-order valence-corrected chi connectivity index (χ3v) is 5.34. The summed E-state index contributed by atoms with van der Waals surface area (Å²) in [5.41, 5.74) is 1.88. The topological polar surface area (TPSA) is 59.1 Å². The van der Waals surface area contributed by atoms with Gasteiger partial charge in [0.2, 0.25) is 0 Å². The number of thiazole rings is 1. The highest BCUT2D eigenvalue weighted by atomic mass is 32.1. The van der Waals surface area contributed by atoms with Gasteiger partial charge in [-0.25, -0.2) is 4.98 Å². The number of carbonyl (C=O) groups excluding carboxylic acids is 2. The molecule has 4 nitrogen and oxygen atoms in total. The molecule has 0 radical (unpaired) electrons. The molecule has 24 heavy (non-hydrogen) atoms. The van der Waals surface area contributed by atoms with Gasteiger partial charge in [-0.3, -0.25) is 9.59 Å². The Labute approximate surface area is 146 Å². The van der Waals surface area contributed by atoms with Gasteiger partial charge in [0.15, 0.2) is 5.78 Å². The van der Waals surface area contributed by atoms with Crippen molar-refractivity contribution in [3.63, 3.8) is 0 Å². The molecule has 2 aromatic rings. The van der Waals surface area contributed by atoms with Gasteiger partial charge in [-0.1, -0.05) is 49.9 Å². The molecule has 1 amide bonds. The minimum Gasteiger partial charge on any atom is -0.348 e. The Morgan fingerprint density at radius 3 is 2.54 bits per heavy atom. The first kappa shape index (κ1) is 16.8. The Kier molecular flexibility index (Phi) is 5.41. The van der Waals surface area contributed by atoms with Crippen molar-refractivity contribution in [2.45, 2.75) is 51.5 Å². The van der Waals surface area contributed by atoms with Crippen LogP contribution >= 0.6 is 11.3 Å². The van der Waals surface area contributed by atoms with Crippen molar-refractivity contribution in [3.8, 4) is 10.6 Å². The highest BCUT2D eigenvalue weighted by molar-refractivity contribution is 7.13. The average Bonchev–Trinajstić information content (AvgIpc) is 2.94. The van der Waals surface area contributed by atoms with Gasteiger partial charge in [0.1, 0.15) is 10.7 Å². The summed E-state index contributed by atoms with van der Waals surface area (Å²) in [4.78, 5) is 28.7. The first-order chi connectivity index (χ1) is 11.6. The van der Waals surface area contributed by atoms with E-state index >= 15 is 0 Å². The van der Waals surface area contributed by atoms with Gasteiger partial charge in [-0.15, -0.1) is 11.3 Å². The molecule has 1 N–H and O–H groups in total. The number of hydrogen-bond acceptors (Lipinski definition) is 4. The van der Waals surface area contributed by atoms with Gasteiger partial charge in [0, 0.05) is 22.5 Å². The zero-order valence-electron chi connectivity index (χ0n) is 13.9. The second kappa shape index (κ2) is 7.71. The Morgan fingerprint density at radius 2 is 1.83 bits per heavy atom. The molecule has 0 aliphatic heterocycles. The molecule has 1 heterocycles. The van der Waals surface area contributed by atoms with E-state index in [0.717, 1.165) is 18.4 Å². The third-order valence-electron chi connectivity index (χ3n) is 4.46. The lowest BCUT2D eigenvalue weighted by molar-refractivity contribution is 0.0928. The standard InChI is InChI=1S/C19H22N2O2S/c1-13(22)15-10-6-7-11-16(15)19-21-17(12-24-19)18(23)20-14-8-4-2-3-5-9-14/h6-7,10-12,14H,2-5,8-9H2,1H3,(H,20,23). The van der Waals surface area contributed by atoms with E-state index in [2.05, 4.69) is 10.3 Å². The van der Waals surface area contributed by atoms with Crippen LogP contribution < -0.4 is 5.32 Å². The van der Waals surface area contributed by atoms with Crippen LogP contribution in [0.25, 0.3) is 10.6 Å². The van der Waals surface area contributed by atoms with E-state index in [-0.39, 0.29) is 17.7 Å². The van der Waals surface area contributed by atoms with E-state index in [1.165, 1.54) is 37.0 Å². The summed E-state index contributed by atoms with van der Waals surface area (Å²) in [5, 5.41) is 5.61. The number of Topliss-reactive ketones (excluding diaryl/α,β-unsaturated/α-hetero) is 1. The summed E-state index contributed by atoms with van der Waals surface area (Å²) >= 11 is 1.40. The van der Waals surface area contributed by atoms with E-state index in [1.807, 2.05) is 18.2 Å². The molecule has 1 aliphatic carbocycles. The van der Waals surface area contributed by atoms with E-state index in [4.69, 9.17) is 0 Å². The van der Waals surface area contributed by atoms with Crippen molar-refractivity contribution in [2.75, 3.05) is 0 Å². The van der Waals surface area contributed by atoms with Gasteiger partial charge in [-0.2, -0.15) is 0 Å². The number of aromatic nitrogens is 1. The maximum atomic E-state index is 12.5. The van der Waals surface area contributed by atoms with Crippen molar-refractivity contribution in [1.82, 2.24) is 10.3 Å². The van der Waals surface area contributed by atoms with Gasteiger partial charge < -0.3 is 5.32 Å². The normalized spacial score (nSPS) is 15.7. The van der Waals surface area contributed by atoms with E-state index in [9.17, 15) is 9.59 Å². The Hall–Kier alpha value is -2.01. The van der Waals surface area contributed by atoms with Crippen LogP contribution in [0.2, 0.25) is 0 Å². The Morgan fingerprint density at radius 1 is 1.12 bits per heavy atom. The lowest BCUT2D eigenvalue weighted by Gasteiger charge is -2.15. The Bertz CT molecular complexity index is 730. The van der Waals surface area contributed by atoms with Crippen LogP contribution in [0.4, 0.5) is 0 Å². The molecule has 0 saturated heterocycles. The molecule has 0 unspecified atom stereocenters. The smallest absolute Gasteiger partial charge is 0.270 e. The van der Waals surface area contributed by atoms with Gasteiger partial charge >= 0.3 is 0 Å². The number of nitrogens with one attached hydrogen (secondary N) is 1. The minimum atomic E-state index is -0.107. The first-order valence-corrected chi connectivity index (χ1v) is 9.40. The van der Waals surface area contributed by atoms with Crippen LogP contribution in [0.5, 0.6) is 0 Å². The summed E-state index contributed by atoms with van der Waals surface area (Å²) < 4.78 is 0. The fourth-order valence-corrected chi connectivity index (χ4v) is 4.00. The summed E-state index contributed by atoms with van der Waals surface area (Å²) in [7, 11) is 0. The average molecular weight is 342 g/mol.